The molecule has 12 heteroatoms. The molecular formula is C21H19Cl2N3O5S2. The zero-order valence-electron chi connectivity index (χ0n) is 17.3. The molecule has 4 rings (SSSR count). The Kier molecular flexibility index (Phi) is 6.92. The van der Waals surface area contributed by atoms with E-state index in [-0.39, 0.29) is 33.4 Å². The van der Waals surface area contributed by atoms with E-state index in [2.05, 4.69) is 15.6 Å². The van der Waals surface area contributed by atoms with Gasteiger partial charge in [-0.2, -0.15) is 0 Å². The van der Waals surface area contributed by atoms with Crippen LogP contribution in [0.5, 0.6) is 5.75 Å². The minimum Gasteiger partial charge on any atom is -0.494 e. The molecule has 1 aliphatic rings. The summed E-state index contributed by atoms with van der Waals surface area (Å²) in [6.45, 7) is 1.00. The van der Waals surface area contributed by atoms with Crippen molar-refractivity contribution in [3.63, 3.8) is 0 Å². The summed E-state index contributed by atoms with van der Waals surface area (Å²) in [4.78, 5) is 16.1. The van der Waals surface area contributed by atoms with E-state index in [4.69, 9.17) is 27.9 Å². The first-order valence-electron chi connectivity index (χ1n) is 9.74. The van der Waals surface area contributed by atoms with Crippen molar-refractivity contribution >= 4 is 73.0 Å². The monoisotopic (exact) mass is 527 g/mol. The number of methoxy groups -OCH3 is 1. The van der Waals surface area contributed by atoms with Gasteiger partial charge in [0.15, 0.2) is 9.84 Å². The first-order chi connectivity index (χ1) is 15.7. The average Bonchev–Trinajstić information content (AvgIpc) is 2.80. The molecule has 0 saturated carbocycles. The number of carboxylic acids is 1. The van der Waals surface area contributed by atoms with Gasteiger partial charge in [0.2, 0.25) is 0 Å². The number of pyridine rings is 1. The Morgan fingerprint density at radius 1 is 1.27 bits per heavy atom. The Labute approximate surface area is 204 Å². The number of benzene rings is 2. The van der Waals surface area contributed by atoms with Crippen LogP contribution >= 0.6 is 35.0 Å². The highest BCUT2D eigenvalue weighted by Gasteiger charge is 2.33. The van der Waals surface area contributed by atoms with Crippen molar-refractivity contribution in [3.8, 4) is 5.75 Å². The number of hydrogen-bond acceptors (Lipinski definition) is 8. The Morgan fingerprint density at radius 2 is 2.06 bits per heavy atom. The molecule has 2 heterocycles. The number of thioether (sulfide) groups is 1. The van der Waals surface area contributed by atoms with E-state index in [1.807, 2.05) is 0 Å². The fourth-order valence-corrected chi connectivity index (χ4v) is 7.26. The number of hydrogen-bond donors (Lipinski definition) is 3. The van der Waals surface area contributed by atoms with Gasteiger partial charge in [-0.05, 0) is 24.3 Å². The van der Waals surface area contributed by atoms with Crippen LogP contribution in [0.4, 0.5) is 11.4 Å². The molecule has 1 fully saturated rings. The lowest BCUT2D eigenvalue weighted by Crippen LogP contribution is -2.37. The van der Waals surface area contributed by atoms with Crippen LogP contribution in [0.25, 0.3) is 10.9 Å². The van der Waals surface area contributed by atoms with Gasteiger partial charge in [0.1, 0.15) is 20.7 Å². The van der Waals surface area contributed by atoms with Gasteiger partial charge < -0.3 is 20.5 Å². The van der Waals surface area contributed by atoms with Gasteiger partial charge in [-0.1, -0.05) is 23.2 Å². The summed E-state index contributed by atoms with van der Waals surface area (Å²) in [7, 11) is -2.40. The molecule has 1 saturated heterocycles. The highest BCUT2D eigenvalue weighted by atomic mass is 35.5. The number of carboxylic acid groups (broad SMARTS) is 1. The molecule has 2 aromatic carbocycles. The van der Waals surface area contributed by atoms with Crippen molar-refractivity contribution < 1.29 is 23.1 Å². The molecule has 3 N–H and O–H groups in total. The number of halogens is 2. The van der Waals surface area contributed by atoms with Gasteiger partial charge in [0, 0.05) is 46.5 Å². The Morgan fingerprint density at radius 3 is 2.73 bits per heavy atom. The molecule has 33 heavy (non-hydrogen) atoms. The summed E-state index contributed by atoms with van der Waals surface area (Å²) >= 11 is 13.6. The standard InChI is InChI=1S/C21H19Cl2N3O5S2/c1-31-16-8-12(23)7-14-19(16)25-9-17(33(29,30)18-10-24-4-5-32-18)20(14)26-15-3-2-11(22)6-13(15)21(27)28/h2-3,6-9,18,24H,4-5,10H2,1H3,(H,25,26)(H,27,28). The molecule has 0 radical (unpaired) electrons. The molecule has 0 bridgehead atoms. The van der Waals surface area contributed by atoms with E-state index in [1.165, 1.54) is 43.3 Å². The molecule has 0 amide bonds. The molecule has 1 aliphatic heterocycles. The van der Waals surface area contributed by atoms with Gasteiger partial charge in [0.05, 0.1) is 24.0 Å². The van der Waals surface area contributed by atoms with Gasteiger partial charge in [-0.3, -0.25) is 4.98 Å². The van der Waals surface area contributed by atoms with Gasteiger partial charge in [-0.15, -0.1) is 11.8 Å². The van der Waals surface area contributed by atoms with Crippen molar-refractivity contribution in [2.75, 3.05) is 31.3 Å². The summed E-state index contributed by atoms with van der Waals surface area (Å²) in [5.41, 5.74) is 0.600. The first-order valence-corrected chi connectivity index (χ1v) is 13.1. The average molecular weight is 528 g/mol. The van der Waals surface area contributed by atoms with Crippen LogP contribution in [0, 0.1) is 0 Å². The largest absolute Gasteiger partial charge is 0.494 e. The quantitative estimate of drug-likeness (QED) is 0.427. The summed E-state index contributed by atoms with van der Waals surface area (Å²) in [6, 6.07) is 7.42. The number of aromatic nitrogens is 1. The molecule has 1 atom stereocenters. The Bertz CT molecular complexity index is 1350. The van der Waals surface area contributed by atoms with Crippen LogP contribution < -0.4 is 15.4 Å². The van der Waals surface area contributed by atoms with E-state index in [0.717, 1.165) is 6.54 Å². The fourth-order valence-electron chi connectivity index (χ4n) is 3.54. The third kappa shape index (κ3) is 4.71. The predicted octanol–water partition coefficient (Wildman–Crippen LogP) is 4.43. The minimum absolute atomic E-state index is 0.0631. The number of aromatic carboxylic acids is 1. The van der Waals surface area contributed by atoms with Crippen molar-refractivity contribution in [2.24, 2.45) is 0 Å². The summed E-state index contributed by atoms with van der Waals surface area (Å²) < 4.78 is 31.9. The molecule has 174 valence electrons. The number of sulfone groups is 1. The van der Waals surface area contributed by atoms with Gasteiger partial charge in [0.25, 0.3) is 0 Å². The van der Waals surface area contributed by atoms with E-state index >= 15 is 0 Å². The maximum Gasteiger partial charge on any atom is 0.337 e. The topological polar surface area (TPSA) is 118 Å². The number of ether oxygens (including phenoxy) is 1. The second-order valence-electron chi connectivity index (χ2n) is 7.17. The number of nitrogens with one attached hydrogen (secondary N) is 2. The van der Waals surface area contributed by atoms with E-state index in [9.17, 15) is 18.3 Å². The van der Waals surface area contributed by atoms with E-state index in [0.29, 0.717) is 27.4 Å². The zero-order chi connectivity index (χ0) is 23.8. The summed E-state index contributed by atoms with van der Waals surface area (Å²) in [5.74, 6) is -0.216. The molecule has 3 aromatic rings. The van der Waals surface area contributed by atoms with Crippen molar-refractivity contribution in [2.45, 2.75) is 9.48 Å². The van der Waals surface area contributed by atoms with Gasteiger partial charge in [-0.25, -0.2) is 13.2 Å². The van der Waals surface area contributed by atoms with E-state index < -0.39 is 20.4 Å². The SMILES string of the molecule is COc1cc(Cl)cc2c(Nc3ccc(Cl)cc3C(=O)O)c(S(=O)(=O)C3CNCCS3)cnc12. The highest BCUT2D eigenvalue weighted by Crippen LogP contribution is 2.40. The molecular weight excluding hydrogens is 509 g/mol. The third-order valence-corrected chi connectivity index (χ3v) is 9.49. The number of anilines is 2. The number of fused-ring (bicyclic) bond motifs is 1. The normalized spacial score (nSPS) is 16.5. The smallest absolute Gasteiger partial charge is 0.337 e. The molecule has 0 spiro atoms. The van der Waals surface area contributed by atoms with Crippen LogP contribution in [0.3, 0.4) is 0 Å². The number of nitrogens with zero attached hydrogens (tertiary/aromatic N) is 1. The zero-order valence-corrected chi connectivity index (χ0v) is 20.4. The van der Waals surface area contributed by atoms with Crippen LogP contribution in [0.2, 0.25) is 10.0 Å². The molecule has 1 aromatic heterocycles. The third-order valence-electron chi connectivity index (χ3n) is 5.10. The lowest BCUT2D eigenvalue weighted by atomic mass is 10.1. The van der Waals surface area contributed by atoms with Crippen molar-refractivity contribution in [1.82, 2.24) is 10.3 Å². The second kappa shape index (κ2) is 9.55. The molecule has 8 nitrogen and oxygen atoms in total. The molecule has 0 aliphatic carbocycles. The Balaban J connectivity index is 1.98. The van der Waals surface area contributed by atoms with Gasteiger partial charge >= 0.3 is 5.97 Å². The predicted molar refractivity (Wildman–Crippen MR) is 131 cm³/mol. The molecule has 1 unspecified atom stereocenters. The number of carbonyl (C=O) groups is 1. The summed E-state index contributed by atoms with van der Waals surface area (Å²) in [5, 5.41) is 16.7. The van der Waals surface area contributed by atoms with Crippen LogP contribution in [0.1, 0.15) is 10.4 Å². The van der Waals surface area contributed by atoms with Crippen LogP contribution in [-0.2, 0) is 9.84 Å². The fraction of sp³-hybridized carbons (Fsp3) is 0.238. The second-order valence-corrected chi connectivity index (χ2v) is 11.8. The van der Waals surface area contributed by atoms with Crippen LogP contribution in [0.15, 0.2) is 41.4 Å². The van der Waals surface area contributed by atoms with Crippen LogP contribution in [-0.4, -0.2) is 55.0 Å². The maximum absolute atomic E-state index is 13.6. The maximum atomic E-state index is 13.6. The lowest BCUT2D eigenvalue weighted by Gasteiger charge is -2.24. The summed E-state index contributed by atoms with van der Waals surface area (Å²) in [6.07, 6.45) is 1.27. The highest BCUT2D eigenvalue weighted by molar-refractivity contribution is 8.13. The number of rotatable bonds is 6. The Hall–Kier alpha value is -2.24. The van der Waals surface area contributed by atoms with E-state index in [1.54, 1.807) is 12.1 Å². The minimum atomic E-state index is -3.86. The first kappa shape index (κ1) is 23.9. The van der Waals surface area contributed by atoms with Crippen molar-refractivity contribution in [1.29, 1.82) is 0 Å². The van der Waals surface area contributed by atoms with Crippen molar-refractivity contribution in [3.05, 3.63) is 52.1 Å². The lowest BCUT2D eigenvalue weighted by molar-refractivity contribution is 0.0698.